The van der Waals surface area contributed by atoms with Crippen molar-refractivity contribution in [1.82, 2.24) is 0 Å². The van der Waals surface area contributed by atoms with E-state index in [9.17, 15) is 4.39 Å². The first kappa shape index (κ1) is 10.3. The maximum absolute atomic E-state index is 13.3. The van der Waals surface area contributed by atoms with Crippen LogP contribution in [0.4, 0.5) is 4.39 Å². The summed E-state index contributed by atoms with van der Waals surface area (Å²) in [5.74, 6) is 0.168. The van der Waals surface area contributed by atoms with Crippen molar-refractivity contribution in [2.75, 3.05) is 0 Å². The molecule has 0 spiro atoms. The first-order valence-corrected chi connectivity index (χ1v) is 5.77. The second-order valence-electron chi connectivity index (χ2n) is 4.62. The molecule has 0 aliphatic rings. The zero-order chi connectivity index (χ0) is 12.0. The molecule has 0 bridgehead atoms. The molecule has 0 aliphatic heterocycles. The fourth-order valence-corrected chi connectivity index (χ4v) is 2.31. The zero-order valence-electron chi connectivity index (χ0n) is 9.83. The minimum Gasteiger partial charge on any atom is -0.456 e. The van der Waals surface area contributed by atoms with Crippen molar-refractivity contribution in [2.45, 2.75) is 19.8 Å². The van der Waals surface area contributed by atoms with Gasteiger partial charge >= 0.3 is 0 Å². The molecule has 0 radical (unpaired) electrons. The highest BCUT2D eigenvalue weighted by molar-refractivity contribution is 6.06. The van der Waals surface area contributed by atoms with Crippen LogP contribution in [0, 0.1) is 5.82 Å². The Bertz CT molecular complexity index is 695. The van der Waals surface area contributed by atoms with Gasteiger partial charge in [-0.2, -0.15) is 0 Å². The van der Waals surface area contributed by atoms with Crippen LogP contribution in [0.25, 0.3) is 21.9 Å². The lowest BCUT2D eigenvalue weighted by atomic mass is 9.97. The maximum Gasteiger partial charge on any atom is 0.135 e. The molecular weight excluding hydrogens is 215 g/mol. The number of halogens is 1. The molecule has 0 saturated heterocycles. The van der Waals surface area contributed by atoms with Crippen molar-refractivity contribution in [2.24, 2.45) is 0 Å². The molecule has 17 heavy (non-hydrogen) atoms. The van der Waals surface area contributed by atoms with Gasteiger partial charge in [-0.25, -0.2) is 4.39 Å². The van der Waals surface area contributed by atoms with E-state index in [1.807, 2.05) is 12.1 Å². The van der Waals surface area contributed by atoms with Crippen molar-refractivity contribution < 1.29 is 8.81 Å². The summed E-state index contributed by atoms with van der Waals surface area (Å²) >= 11 is 0. The van der Waals surface area contributed by atoms with Gasteiger partial charge in [0.1, 0.15) is 17.0 Å². The van der Waals surface area contributed by atoms with E-state index in [4.69, 9.17) is 4.42 Å². The SMILES string of the molecule is CC(C)c1cccc2oc3ccc(F)cc3c12. The molecule has 0 N–H and O–H groups in total. The predicted octanol–water partition coefficient (Wildman–Crippen LogP) is 4.85. The summed E-state index contributed by atoms with van der Waals surface area (Å²) in [4.78, 5) is 0. The highest BCUT2D eigenvalue weighted by Crippen LogP contribution is 2.34. The summed E-state index contributed by atoms with van der Waals surface area (Å²) in [6.07, 6.45) is 0. The van der Waals surface area contributed by atoms with Gasteiger partial charge in [-0.3, -0.25) is 0 Å². The van der Waals surface area contributed by atoms with E-state index < -0.39 is 0 Å². The average molecular weight is 228 g/mol. The van der Waals surface area contributed by atoms with Crippen LogP contribution in [-0.2, 0) is 0 Å². The van der Waals surface area contributed by atoms with Crippen molar-refractivity contribution in [1.29, 1.82) is 0 Å². The van der Waals surface area contributed by atoms with E-state index in [2.05, 4.69) is 19.9 Å². The Morgan fingerprint density at radius 2 is 1.88 bits per heavy atom. The van der Waals surface area contributed by atoms with Crippen molar-refractivity contribution >= 4 is 21.9 Å². The number of fused-ring (bicyclic) bond motifs is 3. The standard InChI is InChI=1S/C15H13FO/c1-9(2)11-4-3-5-14-15(11)12-8-10(16)6-7-13(12)17-14/h3-9H,1-2H3. The van der Waals surface area contributed by atoms with Crippen LogP contribution in [0.2, 0.25) is 0 Å². The van der Waals surface area contributed by atoms with Crippen molar-refractivity contribution in [3.8, 4) is 0 Å². The molecule has 0 unspecified atom stereocenters. The molecule has 0 fully saturated rings. The number of rotatable bonds is 1. The summed E-state index contributed by atoms with van der Waals surface area (Å²) < 4.78 is 19.1. The van der Waals surface area contributed by atoms with Gasteiger partial charge in [0, 0.05) is 10.8 Å². The molecule has 2 heteroatoms. The highest BCUT2D eigenvalue weighted by atomic mass is 19.1. The summed E-state index contributed by atoms with van der Waals surface area (Å²) in [6, 6.07) is 10.7. The monoisotopic (exact) mass is 228 g/mol. The number of hydrogen-bond donors (Lipinski definition) is 0. The van der Waals surface area contributed by atoms with E-state index in [-0.39, 0.29) is 5.82 Å². The normalized spacial score (nSPS) is 11.8. The lowest BCUT2D eigenvalue weighted by molar-refractivity contribution is 0.626. The van der Waals surface area contributed by atoms with E-state index in [1.54, 1.807) is 12.1 Å². The number of furan rings is 1. The molecule has 3 rings (SSSR count). The second kappa shape index (κ2) is 3.59. The third-order valence-corrected chi connectivity index (χ3v) is 3.11. The molecule has 0 amide bonds. The van der Waals surface area contributed by atoms with Gasteiger partial charge in [0.2, 0.25) is 0 Å². The minimum absolute atomic E-state index is 0.223. The van der Waals surface area contributed by atoms with Crippen LogP contribution < -0.4 is 0 Å². The molecule has 0 atom stereocenters. The second-order valence-corrected chi connectivity index (χ2v) is 4.62. The largest absolute Gasteiger partial charge is 0.456 e. The molecule has 1 heterocycles. The summed E-state index contributed by atoms with van der Waals surface area (Å²) in [5.41, 5.74) is 2.78. The Hall–Kier alpha value is -1.83. The third kappa shape index (κ3) is 1.52. The van der Waals surface area contributed by atoms with Crippen LogP contribution in [0.15, 0.2) is 40.8 Å². The molecule has 0 aliphatic carbocycles. The number of hydrogen-bond acceptors (Lipinski definition) is 1. The Morgan fingerprint density at radius 3 is 2.65 bits per heavy atom. The van der Waals surface area contributed by atoms with Crippen LogP contribution in [0.5, 0.6) is 0 Å². The summed E-state index contributed by atoms with van der Waals surface area (Å²) in [5, 5.41) is 1.90. The maximum atomic E-state index is 13.3. The summed E-state index contributed by atoms with van der Waals surface area (Å²) in [7, 11) is 0. The summed E-state index contributed by atoms with van der Waals surface area (Å²) in [6.45, 7) is 4.26. The molecular formula is C15H13FO. The molecule has 2 aromatic carbocycles. The van der Waals surface area contributed by atoms with Gasteiger partial charge in [-0.05, 0) is 35.7 Å². The van der Waals surface area contributed by atoms with E-state index in [0.717, 1.165) is 21.9 Å². The van der Waals surface area contributed by atoms with Crippen LogP contribution in [0.3, 0.4) is 0 Å². The Labute approximate surface area is 98.8 Å². The lowest BCUT2D eigenvalue weighted by Gasteiger charge is -2.06. The quantitative estimate of drug-likeness (QED) is 0.580. The predicted molar refractivity (Wildman–Crippen MR) is 67.8 cm³/mol. The topological polar surface area (TPSA) is 13.1 Å². The Kier molecular flexibility index (Phi) is 2.18. The van der Waals surface area contributed by atoms with Crippen molar-refractivity contribution in [3.05, 3.63) is 47.8 Å². The van der Waals surface area contributed by atoms with Crippen LogP contribution in [0.1, 0.15) is 25.3 Å². The van der Waals surface area contributed by atoms with Crippen LogP contribution >= 0.6 is 0 Å². The number of benzene rings is 2. The molecule has 86 valence electrons. The van der Waals surface area contributed by atoms with E-state index >= 15 is 0 Å². The zero-order valence-corrected chi connectivity index (χ0v) is 9.83. The van der Waals surface area contributed by atoms with Gasteiger partial charge < -0.3 is 4.42 Å². The average Bonchev–Trinajstić information content (AvgIpc) is 2.66. The van der Waals surface area contributed by atoms with E-state index in [1.165, 1.54) is 11.6 Å². The van der Waals surface area contributed by atoms with Gasteiger partial charge in [0.25, 0.3) is 0 Å². The first-order chi connectivity index (χ1) is 8.16. The van der Waals surface area contributed by atoms with Gasteiger partial charge in [0.05, 0.1) is 0 Å². The molecule has 0 saturated carbocycles. The third-order valence-electron chi connectivity index (χ3n) is 3.11. The van der Waals surface area contributed by atoms with Gasteiger partial charge in [0.15, 0.2) is 0 Å². The molecule has 1 aromatic heterocycles. The fourth-order valence-electron chi connectivity index (χ4n) is 2.31. The fraction of sp³-hybridized carbons (Fsp3) is 0.200. The minimum atomic E-state index is -0.223. The Balaban J connectivity index is 2.51. The van der Waals surface area contributed by atoms with Crippen LogP contribution in [-0.4, -0.2) is 0 Å². The Morgan fingerprint density at radius 1 is 1.06 bits per heavy atom. The molecule has 3 aromatic rings. The van der Waals surface area contributed by atoms with Gasteiger partial charge in [-0.15, -0.1) is 0 Å². The lowest BCUT2D eigenvalue weighted by Crippen LogP contribution is -1.87. The highest BCUT2D eigenvalue weighted by Gasteiger charge is 2.13. The van der Waals surface area contributed by atoms with Gasteiger partial charge in [-0.1, -0.05) is 26.0 Å². The van der Waals surface area contributed by atoms with E-state index in [0.29, 0.717) is 5.92 Å². The smallest absolute Gasteiger partial charge is 0.135 e. The molecule has 1 nitrogen and oxygen atoms in total. The van der Waals surface area contributed by atoms with Crippen molar-refractivity contribution in [3.63, 3.8) is 0 Å². The first-order valence-electron chi connectivity index (χ1n) is 5.77.